The lowest BCUT2D eigenvalue weighted by molar-refractivity contribution is -0.362. The Morgan fingerprint density at radius 2 is 1.59 bits per heavy atom. The van der Waals surface area contributed by atoms with Crippen LogP contribution in [0, 0.1) is 17.3 Å². The van der Waals surface area contributed by atoms with Crippen molar-refractivity contribution >= 4 is 23.3 Å². The zero-order valence-electron chi connectivity index (χ0n) is 25.3. The van der Waals surface area contributed by atoms with Gasteiger partial charge < -0.3 is 15.2 Å². The molecule has 2 aromatic rings. The normalized spacial score (nSPS) is 29.3. The molecule has 2 fully saturated rings. The third kappa shape index (κ3) is 4.89. The molecule has 4 aliphatic carbocycles. The van der Waals surface area contributed by atoms with Crippen molar-refractivity contribution in [2.75, 3.05) is 12.4 Å². The lowest BCUT2D eigenvalue weighted by Crippen LogP contribution is -2.65. The van der Waals surface area contributed by atoms with Gasteiger partial charge in [-0.3, -0.25) is 9.59 Å². The summed E-state index contributed by atoms with van der Waals surface area (Å²) in [5.74, 6) is -7.81. The Morgan fingerprint density at radius 1 is 0.935 bits per heavy atom. The highest BCUT2D eigenvalue weighted by molar-refractivity contribution is 6.04. The molecule has 2 saturated carbocycles. The van der Waals surface area contributed by atoms with Crippen LogP contribution in [-0.2, 0) is 9.53 Å². The Morgan fingerprint density at radius 3 is 2.22 bits per heavy atom. The van der Waals surface area contributed by atoms with E-state index in [9.17, 15) is 32.7 Å². The van der Waals surface area contributed by atoms with Gasteiger partial charge in [0.1, 0.15) is 5.60 Å². The maximum Gasteiger partial charge on any atom is 0.456 e. The van der Waals surface area contributed by atoms with Crippen LogP contribution in [0.5, 0.6) is 0 Å². The van der Waals surface area contributed by atoms with Gasteiger partial charge in [-0.1, -0.05) is 24.6 Å². The number of ketones is 1. The number of rotatable bonds is 5. The number of alkyl halides is 5. The van der Waals surface area contributed by atoms with Crippen molar-refractivity contribution in [3.63, 3.8) is 0 Å². The fourth-order valence-corrected chi connectivity index (χ4v) is 8.59. The number of hydrogen-bond acceptors (Lipinski definition) is 5. The van der Waals surface area contributed by atoms with Crippen LogP contribution in [0.1, 0.15) is 84.1 Å². The van der Waals surface area contributed by atoms with Crippen LogP contribution in [0.15, 0.2) is 71.3 Å². The first-order valence-corrected chi connectivity index (χ1v) is 15.3. The smallest absolute Gasteiger partial charge is 0.456 e. The van der Waals surface area contributed by atoms with E-state index in [1.165, 1.54) is 26.2 Å². The van der Waals surface area contributed by atoms with Crippen molar-refractivity contribution in [2.45, 2.75) is 75.5 Å². The number of anilines is 1. The van der Waals surface area contributed by atoms with Gasteiger partial charge in [-0.05, 0) is 110 Å². The molecule has 4 aliphatic rings. The molecular weight excluding hydrogens is 609 g/mol. The second kappa shape index (κ2) is 11.1. The lowest BCUT2D eigenvalue weighted by atomic mass is 9.50. The van der Waals surface area contributed by atoms with Crippen molar-refractivity contribution in [3.05, 3.63) is 88.0 Å². The summed E-state index contributed by atoms with van der Waals surface area (Å²) >= 11 is 0. The summed E-state index contributed by atoms with van der Waals surface area (Å²) in [6.07, 6.45) is -3.32. The average Bonchev–Trinajstić information content (AvgIpc) is 3.31. The van der Waals surface area contributed by atoms with E-state index in [0.29, 0.717) is 42.5 Å². The number of aliphatic hydroxyl groups is 1. The molecule has 46 heavy (non-hydrogen) atoms. The number of halogens is 5. The molecule has 1 amide bonds. The van der Waals surface area contributed by atoms with E-state index in [-0.39, 0.29) is 30.1 Å². The number of hydrogen-bond donors (Lipinski definition) is 2. The minimum Gasteiger partial charge on any atom is -0.465 e. The average molecular weight is 644 g/mol. The summed E-state index contributed by atoms with van der Waals surface area (Å²) in [5.41, 5.74) is -0.582. The third-order valence-corrected chi connectivity index (χ3v) is 10.9. The predicted octanol–water partition coefficient (Wildman–Crippen LogP) is 7.55. The number of esters is 1. The van der Waals surface area contributed by atoms with Crippen molar-refractivity contribution in [1.29, 1.82) is 0 Å². The summed E-state index contributed by atoms with van der Waals surface area (Å²) < 4.78 is 76.5. The van der Waals surface area contributed by atoms with E-state index in [2.05, 4.69) is 10.1 Å². The van der Waals surface area contributed by atoms with E-state index in [0.717, 1.165) is 16.7 Å². The highest BCUT2D eigenvalue weighted by Gasteiger charge is 2.79. The Labute approximate surface area is 262 Å². The highest BCUT2D eigenvalue weighted by atomic mass is 19.4. The van der Waals surface area contributed by atoms with Crippen LogP contribution in [0.25, 0.3) is 0 Å². The molecule has 6 rings (SSSR count). The van der Waals surface area contributed by atoms with Crippen molar-refractivity contribution in [2.24, 2.45) is 17.3 Å². The van der Waals surface area contributed by atoms with Gasteiger partial charge in [0.25, 0.3) is 5.91 Å². The van der Waals surface area contributed by atoms with E-state index in [4.69, 9.17) is 0 Å². The SMILES string of the molecule is COC(=O)c1ccc(NC(=O)c2ccc([C@H]3C[C@@]4(C)[C@@H](CC[C@@]4(O)C(F)(F)C(F)(F)F)[C@@H]4CCC5=CC(=O)CCC5=C43)cc2)cc1. The van der Waals surface area contributed by atoms with E-state index in [1.807, 2.05) is 0 Å². The van der Waals surface area contributed by atoms with E-state index in [1.54, 1.807) is 42.5 Å². The topological polar surface area (TPSA) is 92.7 Å². The highest BCUT2D eigenvalue weighted by Crippen LogP contribution is 2.70. The summed E-state index contributed by atoms with van der Waals surface area (Å²) in [4.78, 5) is 37.0. The Kier molecular flexibility index (Phi) is 7.77. The quantitative estimate of drug-likeness (QED) is 0.259. The maximum absolute atomic E-state index is 15.2. The van der Waals surface area contributed by atoms with Crippen LogP contribution >= 0.6 is 0 Å². The molecule has 0 unspecified atom stereocenters. The number of carbonyl (C=O) groups is 3. The van der Waals surface area contributed by atoms with Crippen LogP contribution in [0.4, 0.5) is 27.6 Å². The molecule has 244 valence electrons. The van der Waals surface area contributed by atoms with Gasteiger partial charge in [-0.2, -0.15) is 22.0 Å². The molecular formula is C35H34F5NO5. The van der Waals surface area contributed by atoms with Crippen LogP contribution in [0.3, 0.4) is 0 Å². The number of nitrogens with one attached hydrogen (secondary N) is 1. The van der Waals surface area contributed by atoms with Crippen molar-refractivity contribution in [3.8, 4) is 0 Å². The number of methoxy groups -OCH3 is 1. The third-order valence-electron chi connectivity index (χ3n) is 10.9. The Balaban J connectivity index is 1.36. The molecule has 2 aromatic carbocycles. The largest absolute Gasteiger partial charge is 0.465 e. The maximum atomic E-state index is 15.2. The summed E-state index contributed by atoms with van der Waals surface area (Å²) in [6.45, 7) is 1.38. The van der Waals surface area contributed by atoms with Crippen molar-refractivity contribution < 1.29 is 46.2 Å². The van der Waals surface area contributed by atoms with Crippen molar-refractivity contribution in [1.82, 2.24) is 0 Å². The zero-order chi connectivity index (χ0) is 33.2. The molecule has 0 spiro atoms. The summed E-state index contributed by atoms with van der Waals surface area (Å²) in [6, 6.07) is 12.6. The fraction of sp³-hybridized carbons (Fsp3) is 0.457. The standard InChI is InChI=1S/C35H34F5NO5/c1-32-18-27(19-3-5-20(6-4-19)30(43)41-23-10-7-21(8-11-23)31(44)46-2)29-25-14-12-24(42)17-22(25)9-13-26(29)28(32)15-16-33(32,45)34(36,37)35(38,39)40/h3-8,10-11,17,26-28,45H,9,12-16,18H2,1-2H3,(H,41,43)/t26-,27+,28-,32-,33-/m0/s1. The molecule has 0 saturated heterocycles. The van der Waals surface area contributed by atoms with Gasteiger partial charge >= 0.3 is 18.1 Å². The molecule has 0 aliphatic heterocycles. The minimum absolute atomic E-state index is 0.00496. The van der Waals surface area contributed by atoms with Gasteiger partial charge in [-0.15, -0.1) is 0 Å². The Hall–Kier alpha value is -3.86. The Bertz CT molecular complexity index is 1640. The molecule has 2 N–H and O–H groups in total. The van der Waals surface area contributed by atoms with Gasteiger partial charge in [-0.25, -0.2) is 4.79 Å². The zero-order valence-corrected chi connectivity index (χ0v) is 25.3. The van der Waals surface area contributed by atoms with Crippen LogP contribution in [-0.4, -0.2) is 47.6 Å². The summed E-state index contributed by atoms with van der Waals surface area (Å²) in [5, 5.41) is 14.2. The number of allylic oxidation sites excluding steroid dienone is 4. The number of carbonyl (C=O) groups excluding carboxylic acids is 3. The molecule has 0 heterocycles. The first kappa shape index (κ1) is 32.1. The second-order valence-corrected chi connectivity index (χ2v) is 13.1. The van der Waals surface area contributed by atoms with E-state index < -0.39 is 53.2 Å². The lowest BCUT2D eigenvalue weighted by Gasteiger charge is -2.56. The molecule has 6 nitrogen and oxygen atoms in total. The van der Waals surface area contributed by atoms with Crippen LogP contribution < -0.4 is 5.32 Å². The minimum atomic E-state index is -5.92. The predicted molar refractivity (Wildman–Crippen MR) is 158 cm³/mol. The summed E-state index contributed by atoms with van der Waals surface area (Å²) in [7, 11) is 1.26. The number of fused-ring (bicyclic) bond motifs is 4. The number of benzene rings is 2. The van der Waals surface area contributed by atoms with Gasteiger partial charge in [0.05, 0.1) is 12.7 Å². The first-order valence-electron chi connectivity index (χ1n) is 15.3. The fourth-order valence-electron chi connectivity index (χ4n) is 8.59. The monoisotopic (exact) mass is 643 g/mol. The molecule has 11 heteroatoms. The van der Waals surface area contributed by atoms with Gasteiger partial charge in [0.15, 0.2) is 5.78 Å². The number of ether oxygens (including phenoxy) is 1. The van der Waals surface area contributed by atoms with Gasteiger partial charge in [0.2, 0.25) is 0 Å². The number of amides is 1. The second-order valence-electron chi connectivity index (χ2n) is 13.1. The first-order chi connectivity index (χ1) is 21.6. The van der Waals surface area contributed by atoms with Gasteiger partial charge in [0, 0.05) is 29.0 Å². The molecule has 0 radical (unpaired) electrons. The molecule has 0 aromatic heterocycles. The van der Waals surface area contributed by atoms with E-state index >= 15 is 8.78 Å². The molecule has 0 bridgehead atoms. The van der Waals surface area contributed by atoms with Crippen LogP contribution in [0.2, 0.25) is 0 Å². The molecule has 5 atom stereocenters.